The van der Waals surface area contributed by atoms with Crippen LogP contribution in [-0.2, 0) is 6.54 Å². The SMILES string of the molecule is O=[N+]([O-])c1ccc(F)cc1CN1CCC2CCC(C1)N2. The molecule has 0 aromatic heterocycles. The minimum atomic E-state index is -0.434. The van der Waals surface area contributed by atoms with Crippen molar-refractivity contribution in [1.82, 2.24) is 10.2 Å². The van der Waals surface area contributed by atoms with Gasteiger partial charge in [-0.05, 0) is 31.4 Å². The van der Waals surface area contributed by atoms with E-state index in [-0.39, 0.29) is 5.69 Å². The van der Waals surface area contributed by atoms with Crippen LogP contribution in [0, 0.1) is 15.9 Å². The van der Waals surface area contributed by atoms with E-state index in [0.717, 1.165) is 32.0 Å². The summed E-state index contributed by atoms with van der Waals surface area (Å²) in [5.74, 6) is -0.417. The van der Waals surface area contributed by atoms with Crippen molar-refractivity contribution in [3.63, 3.8) is 0 Å². The fourth-order valence-electron chi connectivity index (χ4n) is 3.26. The van der Waals surface area contributed by atoms with Crippen LogP contribution in [0.25, 0.3) is 0 Å². The predicted octanol–water partition coefficient (Wildman–Crippen LogP) is 2.06. The van der Waals surface area contributed by atoms with Gasteiger partial charge in [-0.2, -0.15) is 0 Å². The fourth-order valence-corrected chi connectivity index (χ4v) is 3.26. The summed E-state index contributed by atoms with van der Waals surface area (Å²) in [5.41, 5.74) is 0.474. The van der Waals surface area contributed by atoms with Crippen molar-refractivity contribution in [2.24, 2.45) is 0 Å². The minimum absolute atomic E-state index is 0.00812. The monoisotopic (exact) mass is 279 g/mol. The molecule has 108 valence electrons. The Balaban J connectivity index is 1.77. The third-order valence-electron chi connectivity index (χ3n) is 4.24. The lowest BCUT2D eigenvalue weighted by Crippen LogP contribution is -2.35. The van der Waals surface area contributed by atoms with Crippen LogP contribution in [0.1, 0.15) is 24.8 Å². The highest BCUT2D eigenvalue weighted by molar-refractivity contribution is 5.40. The number of fused-ring (bicyclic) bond motifs is 2. The van der Waals surface area contributed by atoms with Gasteiger partial charge >= 0.3 is 0 Å². The number of nitrogens with one attached hydrogen (secondary N) is 1. The second kappa shape index (κ2) is 5.46. The van der Waals surface area contributed by atoms with Crippen molar-refractivity contribution in [2.45, 2.75) is 37.9 Å². The quantitative estimate of drug-likeness (QED) is 0.679. The van der Waals surface area contributed by atoms with Gasteiger partial charge in [-0.15, -0.1) is 0 Å². The Kier molecular flexibility index (Phi) is 3.67. The highest BCUT2D eigenvalue weighted by atomic mass is 19.1. The van der Waals surface area contributed by atoms with Crippen molar-refractivity contribution in [3.8, 4) is 0 Å². The van der Waals surface area contributed by atoms with Crippen molar-refractivity contribution in [2.75, 3.05) is 13.1 Å². The summed E-state index contributed by atoms with van der Waals surface area (Å²) in [4.78, 5) is 12.8. The van der Waals surface area contributed by atoms with E-state index < -0.39 is 10.7 Å². The first-order valence-electron chi connectivity index (χ1n) is 7.03. The molecule has 20 heavy (non-hydrogen) atoms. The zero-order chi connectivity index (χ0) is 14.1. The van der Waals surface area contributed by atoms with Crippen molar-refractivity contribution in [3.05, 3.63) is 39.7 Å². The number of hydrogen-bond donors (Lipinski definition) is 1. The molecule has 6 heteroatoms. The maximum Gasteiger partial charge on any atom is 0.274 e. The van der Waals surface area contributed by atoms with Gasteiger partial charge in [0.2, 0.25) is 0 Å². The molecule has 2 heterocycles. The maximum atomic E-state index is 13.3. The zero-order valence-corrected chi connectivity index (χ0v) is 11.2. The molecule has 2 atom stereocenters. The molecule has 1 aromatic carbocycles. The number of benzene rings is 1. The van der Waals surface area contributed by atoms with Crippen molar-refractivity contribution in [1.29, 1.82) is 0 Å². The van der Waals surface area contributed by atoms with Gasteiger partial charge in [-0.3, -0.25) is 15.0 Å². The molecule has 3 rings (SSSR count). The number of nitro groups is 1. The molecule has 0 amide bonds. The molecule has 5 nitrogen and oxygen atoms in total. The molecule has 0 saturated carbocycles. The summed E-state index contributed by atoms with van der Waals surface area (Å²) in [6.45, 7) is 2.23. The van der Waals surface area contributed by atoms with E-state index in [0.29, 0.717) is 24.2 Å². The normalized spacial score (nSPS) is 26.4. The molecule has 2 fully saturated rings. The summed E-state index contributed by atoms with van der Waals surface area (Å²) < 4.78 is 13.3. The summed E-state index contributed by atoms with van der Waals surface area (Å²) in [6, 6.07) is 4.73. The Morgan fingerprint density at radius 1 is 1.35 bits per heavy atom. The van der Waals surface area contributed by atoms with Crippen LogP contribution in [0.3, 0.4) is 0 Å². The Bertz CT molecular complexity index is 523. The summed E-state index contributed by atoms with van der Waals surface area (Å²) in [5, 5.41) is 14.6. The minimum Gasteiger partial charge on any atom is -0.310 e. The lowest BCUT2D eigenvalue weighted by atomic mass is 10.1. The van der Waals surface area contributed by atoms with Gasteiger partial charge in [0, 0.05) is 43.3 Å². The van der Waals surface area contributed by atoms with E-state index in [2.05, 4.69) is 10.2 Å². The van der Waals surface area contributed by atoms with Crippen LogP contribution in [-0.4, -0.2) is 35.0 Å². The summed E-state index contributed by atoms with van der Waals surface area (Å²) in [6.07, 6.45) is 3.44. The van der Waals surface area contributed by atoms with Gasteiger partial charge in [0.25, 0.3) is 5.69 Å². The highest BCUT2D eigenvalue weighted by Gasteiger charge is 2.30. The lowest BCUT2D eigenvalue weighted by molar-refractivity contribution is -0.385. The molecule has 1 aromatic rings. The van der Waals surface area contributed by atoms with Crippen LogP contribution in [0.5, 0.6) is 0 Å². The van der Waals surface area contributed by atoms with Crippen molar-refractivity contribution >= 4 is 5.69 Å². The second-order valence-electron chi connectivity index (χ2n) is 5.69. The molecule has 0 aliphatic carbocycles. The summed E-state index contributed by atoms with van der Waals surface area (Å²) >= 11 is 0. The van der Waals surface area contributed by atoms with E-state index in [9.17, 15) is 14.5 Å². The number of hydrogen-bond acceptors (Lipinski definition) is 4. The largest absolute Gasteiger partial charge is 0.310 e. The molecule has 2 unspecified atom stereocenters. The summed E-state index contributed by atoms with van der Waals surface area (Å²) in [7, 11) is 0. The van der Waals surface area contributed by atoms with Gasteiger partial charge in [0.15, 0.2) is 0 Å². The third kappa shape index (κ3) is 2.81. The van der Waals surface area contributed by atoms with E-state index in [4.69, 9.17) is 0 Å². The highest BCUT2D eigenvalue weighted by Crippen LogP contribution is 2.25. The zero-order valence-electron chi connectivity index (χ0n) is 11.2. The molecule has 0 radical (unpaired) electrons. The standard InChI is InChI=1S/C14H18FN3O2/c15-11-1-4-14(18(19)20)10(7-11)8-17-6-5-12-2-3-13(9-17)16-12/h1,4,7,12-13,16H,2-3,5-6,8-9H2. The van der Waals surface area contributed by atoms with Gasteiger partial charge in [0.05, 0.1) is 4.92 Å². The fraction of sp³-hybridized carbons (Fsp3) is 0.571. The first-order chi connectivity index (χ1) is 9.61. The predicted molar refractivity (Wildman–Crippen MR) is 72.9 cm³/mol. The molecular formula is C14H18FN3O2. The van der Waals surface area contributed by atoms with E-state index in [1.165, 1.54) is 18.6 Å². The number of halogens is 1. The van der Waals surface area contributed by atoms with Gasteiger partial charge in [0.1, 0.15) is 5.82 Å². The van der Waals surface area contributed by atoms with Crippen LogP contribution in [0.4, 0.5) is 10.1 Å². The van der Waals surface area contributed by atoms with Crippen LogP contribution >= 0.6 is 0 Å². The molecule has 0 spiro atoms. The first-order valence-corrected chi connectivity index (χ1v) is 7.03. The molecule has 2 saturated heterocycles. The van der Waals surface area contributed by atoms with Gasteiger partial charge in [-0.25, -0.2) is 4.39 Å². The number of rotatable bonds is 3. The maximum absolute atomic E-state index is 13.3. The molecule has 2 bridgehead atoms. The second-order valence-corrected chi connectivity index (χ2v) is 5.69. The molecule has 2 aliphatic heterocycles. The molecule has 2 aliphatic rings. The topological polar surface area (TPSA) is 58.4 Å². The van der Waals surface area contributed by atoms with Crippen LogP contribution in [0.15, 0.2) is 18.2 Å². The van der Waals surface area contributed by atoms with E-state index in [1.807, 2.05) is 0 Å². The lowest BCUT2D eigenvalue weighted by Gasteiger charge is -2.23. The number of nitro benzene ring substituents is 1. The average Bonchev–Trinajstić information content (AvgIpc) is 2.72. The Morgan fingerprint density at radius 2 is 2.15 bits per heavy atom. The third-order valence-corrected chi connectivity index (χ3v) is 4.24. The number of nitrogens with zero attached hydrogens (tertiary/aromatic N) is 2. The smallest absolute Gasteiger partial charge is 0.274 e. The Labute approximate surface area is 116 Å². The average molecular weight is 279 g/mol. The first kappa shape index (κ1) is 13.5. The van der Waals surface area contributed by atoms with Gasteiger partial charge in [-0.1, -0.05) is 0 Å². The number of likely N-dealkylation sites (tertiary alicyclic amines) is 1. The van der Waals surface area contributed by atoms with E-state index >= 15 is 0 Å². The van der Waals surface area contributed by atoms with Gasteiger partial charge < -0.3 is 5.32 Å². The Morgan fingerprint density at radius 3 is 2.95 bits per heavy atom. The van der Waals surface area contributed by atoms with Crippen molar-refractivity contribution < 1.29 is 9.31 Å². The Hall–Kier alpha value is -1.53. The van der Waals surface area contributed by atoms with Crippen LogP contribution < -0.4 is 5.32 Å². The van der Waals surface area contributed by atoms with Crippen LogP contribution in [0.2, 0.25) is 0 Å². The molecular weight excluding hydrogens is 261 g/mol. The van der Waals surface area contributed by atoms with E-state index in [1.54, 1.807) is 0 Å². The molecule has 1 N–H and O–H groups in total.